The molecule has 1 amide bonds. The molecule has 11 heteroatoms. The van der Waals surface area contributed by atoms with E-state index < -0.39 is 15.9 Å². The van der Waals surface area contributed by atoms with Gasteiger partial charge in [-0.3, -0.25) is 4.79 Å². The van der Waals surface area contributed by atoms with Gasteiger partial charge in [0.2, 0.25) is 21.8 Å². The Morgan fingerprint density at radius 1 is 1.20 bits per heavy atom. The third-order valence-corrected chi connectivity index (χ3v) is 4.56. The molecular weight excluding hydrogens is 390 g/mol. The number of carbonyl (C=O) groups excluding carboxylic acids is 1. The molecule has 0 aliphatic heterocycles. The van der Waals surface area contributed by atoms with Gasteiger partial charge in [-0.15, -0.1) is 0 Å². The van der Waals surface area contributed by atoms with E-state index in [9.17, 15) is 13.2 Å². The molecule has 0 aliphatic rings. The van der Waals surface area contributed by atoms with Crippen LogP contribution < -0.4 is 14.2 Å². The molecule has 2 rings (SSSR count). The second-order valence-corrected chi connectivity index (χ2v) is 7.82. The number of methoxy groups -OCH3 is 2. The average Bonchev–Trinajstić information content (AvgIpc) is 2.52. The van der Waals surface area contributed by atoms with Crippen molar-refractivity contribution in [2.24, 2.45) is 0 Å². The Balaban J connectivity index is 2.44. The number of carbonyl (C=O) groups is 1. The number of ether oxygens (including phenoxy) is 2. The van der Waals surface area contributed by atoms with Crippen LogP contribution in [-0.2, 0) is 10.0 Å². The lowest BCUT2D eigenvalue weighted by atomic mass is 10.2. The van der Waals surface area contributed by atoms with Gasteiger partial charge in [0.05, 0.1) is 37.1 Å². The van der Waals surface area contributed by atoms with Crippen LogP contribution >= 0.6 is 23.4 Å². The summed E-state index contributed by atoms with van der Waals surface area (Å²) in [5, 5.41) is 0.341. The molecule has 0 spiro atoms. The summed E-state index contributed by atoms with van der Waals surface area (Å²) in [5.41, 5.74) is 0.00461. The summed E-state index contributed by atoms with van der Waals surface area (Å²) in [6.45, 7) is 0. The highest BCUT2D eigenvalue weighted by molar-refractivity contribution is 7.99. The number of amides is 1. The summed E-state index contributed by atoms with van der Waals surface area (Å²) in [7, 11) is -0.848. The van der Waals surface area contributed by atoms with Crippen molar-refractivity contribution in [3.63, 3.8) is 0 Å². The minimum absolute atomic E-state index is 0.00461. The lowest BCUT2D eigenvalue weighted by Gasteiger charge is -2.11. The minimum atomic E-state index is -3.74. The fourth-order valence-corrected chi connectivity index (χ4v) is 3.44. The Morgan fingerprint density at radius 3 is 2.32 bits per heavy atom. The zero-order valence-electron chi connectivity index (χ0n) is 13.4. The van der Waals surface area contributed by atoms with Crippen LogP contribution in [0.2, 0.25) is 5.02 Å². The zero-order valence-corrected chi connectivity index (χ0v) is 15.8. The molecule has 0 saturated carbocycles. The maximum atomic E-state index is 12.3. The number of aromatic nitrogens is 2. The fourth-order valence-electron chi connectivity index (χ4n) is 1.77. The smallest absolute Gasteiger partial charge is 0.267 e. The van der Waals surface area contributed by atoms with Crippen molar-refractivity contribution in [2.45, 2.75) is 10.1 Å². The van der Waals surface area contributed by atoms with Crippen molar-refractivity contribution in [3.8, 4) is 11.8 Å². The standard InChI is InChI=1S/C14H14ClN3O5S2/c1-22-10-7-11(23-2)17-14(16-10)24-9-6-4-5-8(15)12(9)13(19)18-25(3,20)21/h4-7H,1-3H3,(H,18,19). The summed E-state index contributed by atoms with van der Waals surface area (Å²) in [5.74, 6) is -0.289. The highest BCUT2D eigenvalue weighted by Gasteiger charge is 2.20. The summed E-state index contributed by atoms with van der Waals surface area (Å²) < 4.78 is 34.7. The summed E-state index contributed by atoms with van der Waals surface area (Å²) in [6.07, 6.45) is 0.880. The van der Waals surface area contributed by atoms with Gasteiger partial charge in [0, 0.05) is 4.90 Å². The summed E-state index contributed by atoms with van der Waals surface area (Å²) >= 11 is 7.10. The summed E-state index contributed by atoms with van der Waals surface area (Å²) in [4.78, 5) is 21.0. The van der Waals surface area contributed by atoms with Crippen LogP contribution in [0.25, 0.3) is 0 Å². The zero-order chi connectivity index (χ0) is 18.6. The third-order valence-electron chi connectivity index (χ3n) is 2.76. The molecule has 0 aliphatic carbocycles. The van der Waals surface area contributed by atoms with Gasteiger partial charge < -0.3 is 9.47 Å². The van der Waals surface area contributed by atoms with E-state index in [2.05, 4.69) is 9.97 Å². The summed E-state index contributed by atoms with van der Waals surface area (Å²) in [6, 6.07) is 6.21. The molecular formula is C14H14ClN3O5S2. The van der Waals surface area contributed by atoms with Crippen LogP contribution in [0, 0.1) is 0 Å². The Hall–Kier alpha value is -2.04. The monoisotopic (exact) mass is 403 g/mol. The van der Waals surface area contributed by atoms with Gasteiger partial charge in [-0.05, 0) is 23.9 Å². The molecule has 1 heterocycles. The number of nitrogens with zero attached hydrogens (tertiary/aromatic N) is 2. The topological polar surface area (TPSA) is 107 Å². The van der Waals surface area contributed by atoms with E-state index in [0.717, 1.165) is 18.0 Å². The molecule has 1 aromatic heterocycles. The average molecular weight is 404 g/mol. The Morgan fingerprint density at radius 2 is 1.80 bits per heavy atom. The number of rotatable bonds is 6. The second kappa shape index (κ2) is 7.89. The maximum absolute atomic E-state index is 12.3. The van der Waals surface area contributed by atoms with Crippen molar-refractivity contribution < 1.29 is 22.7 Å². The normalized spacial score (nSPS) is 11.0. The van der Waals surface area contributed by atoms with Crippen LogP contribution in [0.3, 0.4) is 0 Å². The molecule has 0 bridgehead atoms. The molecule has 0 unspecified atom stereocenters. The van der Waals surface area contributed by atoms with Crippen LogP contribution in [0.15, 0.2) is 34.3 Å². The van der Waals surface area contributed by atoms with E-state index in [0.29, 0.717) is 4.90 Å². The first-order valence-electron chi connectivity index (χ1n) is 6.69. The van der Waals surface area contributed by atoms with Crippen LogP contribution in [0.1, 0.15) is 10.4 Å². The molecule has 0 radical (unpaired) electrons. The van der Waals surface area contributed by atoms with E-state index in [1.807, 2.05) is 4.72 Å². The third kappa shape index (κ3) is 5.21. The first-order valence-corrected chi connectivity index (χ1v) is 9.77. The molecule has 0 atom stereocenters. The number of sulfonamides is 1. The quantitative estimate of drug-likeness (QED) is 0.729. The van der Waals surface area contributed by atoms with Gasteiger partial charge in [-0.2, -0.15) is 9.97 Å². The maximum Gasteiger partial charge on any atom is 0.267 e. The number of hydrogen-bond acceptors (Lipinski definition) is 8. The highest BCUT2D eigenvalue weighted by atomic mass is 35.5. The van der Waals surface area contributed by atoms with Gasteiger partial charge >= 0.3 is 0 Å². The molecule has 1 aromatic carbocycles. The second-order valence-electron chi connectivity index (χ2n) is 4.65. The van der Waals surface area contributed by atoms with E-state index in [1.165, 1.54) is 26.4 Å². The van der Waals surface area contributed by atoms with Gasteiger partial charge in [0.15, 0.2) is 5.16 Å². The van der Waals surface area contributed by atoms with Crippen LogP contribution in [0.5, 0.6) is 11.8 Å². The minimum Gasteiger partial charge on any atom is -0.481 e. The van der Waals surface area contributed by atoms with Crippen LogP contribution in [0.4, 0.5) is 0 Å². The number of nitrogens with one attached hydrogen (secondary N) is 1. The number of hydrogen-bond donors (Lipinski definition) is 1. The molecule has 0 saturated heterocycles. The molecule has 0 fully saturated rings. The lowest BCUT2D eigenvalue weighted by molar-refractivity contribution is 0.0979. The van der Waals surface area contributed by atoms with Gasteiger partial charge in [0.25, 0.3) is 5.91 Å². The predicted molar refractivity (Wildman–Crippen MR) is 93.0 cm³/mol. The molecule has 2 aromatic rings. The van der Waals surface area contributed by atoms with Crippen LogP contribution in [-0.4, -0.2) is 44.8 Å². The van der Waals surface area contributed by atoms with Gasteiger partial charge in [-0.25, -0.2) is 13.1 Å². The van der Waals surface area contributed by atoms with Gasteiger partial charge in [-0.1, -0.05) is 17.7 Å². The van der Waals surface area contributed by atoms with Crippen molar-refractivity contribution in [3.05, 3.63) is 34.9 Å². The van der Waals surface area contributed by atoms with Crippen molar-refractivity contribution in [1.29, 1.82) is 0 Å². The molecule has 134 valence electrons. The largest absolute Gasteiger partial charge is 0.481 e. The SMILES string of the molecule is COc1cc(OC)nc(Sc2cccc(Cl)c2C(=O)NS(C)(=O)=O)n1. The van der Waals surface area contributed by atoms with Crippen molar-refractivity contribution in [1.82, 2.24) is 14.7 Å². The number of benzene rings is 1. The highest BCUT2D eigenvalue weighted by Crippen LogP contribution is 2.33. The lowest BCUT2D eigenvalue weighted by Crippen LogP contribution is -2.30. The Labute approximate surface area is 154 Å². The van der Waals surface area contributed by atoms with Gasteiger partial charge in [0.1, 0.15) is 0 Å². The fraction of sp³-hybridized carbons (Fsp3) is 0.214. The molecule has 25 heavy (non-hydrogen) atoms. The van der Waals surface area contributed by atoms with Crippen molar-refractivity contribution in [2.75, 3.05) is 20.5 Å². The first-order chi connectivity index (χ1) is 11.7. The first kappa shape index (κ1) is 19.3. The van der Waals surface area contributed by atoms with E-state index in [4.69, 9.17) is 21.1 Å². The van der Waals surface area contributed by atoms with E-state index >= 15 is 0 Å². The molecule has 8 nitrogen and oxygen atoms in total. The van der Waals surface area contributed by atoms with E-state index in [-0.39, 0.29) is 27.5 Å². The number of halogens is 1. The Kier molecular flexibility index (Phi) is 6.09. The Bertz CT molecular complexity index is 883. The van der Waals surface area contributed by atoms with Crippen molar-refractivity contribution >= 4 is 39.3 Å². The molecule has 1 N–H and O–H groups in total. The predicted octanol–water partition coefficient (Wildman–Crippen LogP) is 1.99. The van der Waals surface area contributed by atoms with E-state index in [1.54, 1.807) is 12.1 Å².